The Kier molecular flexibility index (Phi) is 8.30. The van der Waals surface area contributed by atoms with Crippen LogP contribution in [0.3, 0.4) is 0 Å². The van der Waals surface area contributed by atoms with Gasteiger partial charge in [0.25, 0.3) is 0 Å². The predicted molar refractivity (Wildman–Crippen MR) is 109 cm³/mol. The zero-order valence-electron chi connectivity index (χ0n) is 16.5. The van der Waals surface area contributed by atoms with Crippen LogP contribution >= 0.6 is 0 Å². The number of anilines is 1. The number of hydrogen-bond acceptors (Lipinski definition) is 5. The number of nitrogens with one attached hydrogen (secondary N) is 2. The summed E-state index contributed by atoms with van der Waals surface area (Å²) in [6, 6.07) is 14.7. The SMILES string of the molecule is CCN(CC(=O)NCc1ccc(OC)cc1)CC(=O)Nc1ccccc1OC. The molecule has 0 bridgehead atoms. The zero-order chi connectivity index (χ0) is 20.4. The minimum Gasteiger partial charge on any atom is -0.497 e. The molecule has 0 aliphatic carbocycles. The van der Waals surface area contributed by atoms with E-state index in [1.54, 1.807) is 31.3 Å². The van der Waals surface area contributed by atoms with Gasteiger partial charge in [0.05, 0.1) is 33.0 Å². The van der Waals surface area contributed by atoms with Crippen LogP contribution in [0.4, 0.5) is 5.69 Å². The highest BCUT2D eigenvalue weighted by Gasteiger charge is 2.14. The molecule has 2 aromatic rings. The van der Waals surface area contributed by atoms with E-state index in [1.807, 2.05) is 43.3 Å². The first kappa shape index (κ1) is 21.2. The number of carbonyl (C=O) groups is 2. The van der Waals surface area contributed by atoms with E-state index in [9.17, 15) is 9.59 Å². The highest BCUT2D eigenvalue weighted by molar-refractivity contribution is 5.94. The maximum Gasteiger partial charge on any atom is 0.238 e. The topological polar surface area (TPSA) is 79.9 Å². The van der Waals surface area contributed by atoms with Gasteiger partial charge in [0.1, 0.15) is 11.5 Å². The van der Waals surface area contributed by atoms with Gasteiger partial charge in [-0.1, -0.05) is 31.2 Å². The standard InChI is InChI=1S/C21H27N3O4/c1-4-24(15-21(26)23-18-7-5-6-8-19(18)28-3)14-20(25)22-13-16-9-11-17(27-2)12-10-16/h5-12H,4,13-15H2,1-3H3,(H,22,25)(H,23,26). The Morgan fingerprint density at radius 2 is 1.61 bits per heavy atom. The molecule has 0 aliphatic rings. The summed E-state index contributed by atoms with van der Waals surface area (Å²) < 4.78 is 10.3. The molecule has 0 saturated carbocycles. The van der Waals surface area contributed by atoms with Crippen molar-refractivity contribution in [3.05, 3.63) is 54.1 Å². The Hall–Kier alpha value is -3.06. The van der Waals surface area contributed by atoms with Gasteiger partial charge in [0, 0.05) is 6.54 Å². The third kappa shape index (κ3) is 6.59. The van der Waals surface area contributed by atoms with Gasteiger partial charge in [0.2, 0.25) is 11.8 Å². The summed E-state index contributed by atoms with van der Waals surface area (Å²) in [5.41, 5.74) is 1.58. The first-order valence-corrected chi connectivity index (χ1v) is 9.10. The van der Waals surface area contributed by atoms with Crippen molar-refractivity contribution in [3.8, 4) is 11.5 Å². The summed E-state index contributed by atoms with van der Waals surface area (Å²) >= 11 is 0. The summed E-state index contributed by atoms with van der Waals surface area (Å²) in [5, 5.41) is 5.69. The van der Waals surface area contributed by atoms with Crippen molar-refractivity contribution in [1.29, 1.82) is 0 Å². The van der Waals surface area contributed by atoms with Gasteiger partial charge >= 0.3 is 0 Å². The van der Waals surface area contributed by atoms with Crippen LogP contribution in [0, 0.1) is 0 Å². The molecule has 28 heavy (non-hydrogen) atoms. The van der Waals surface area contributed by atoms with Crippen molar-refractivity contribution in [2.24, 2.45) is 0 Å². The maximum absolute atomic E-state index is 12.3. The second-order valence-corrected chi connectivity index (χ2v) is 6.18. The van der Waals surface area contributed by atoms with Gasteiger partial charge in [-0.3, -0.25) is 14.5 Å². The summed E-state index contributed by atoms with van der Waals surface area (Å²) in [5.74, 6) is 1.03. The second-order valence-electron chi connectivity index (χ2n) is 6.18. The van der Waals surface area contributed by atoms with E-state index in [4.69, 9.17) is 9.47 Å². The van der Waals surface area contributed by atoms with E-state index in [2.05, 4.69) is 10.6 Å². The van der Waals surface area contributed by atoms with E-state index in [1.165, 1.54) is 0 Å². The van der Waals surface area contributed by atoms with Crippen molar-refractivity contribution in [2.45, 2.75) is 13.5 Å². The molecule has 0 unspecified atom stereocenters. The van der Waals surface area contributed by atoms with Crippen LogP contribution in [0.25, 0.3) is 0 Å². The minimum atomic E-state index is -0.200. The lowest BCUT2D eigenvalue weighted by molar-refractivity contribution is -0.123. The number of benzene rings is 2. The Bertz CT molecular complexity index is 777. The Morgan fingerprint density at radius 1 is 0.929 bits per heavy atom. The van der Waals surface area contributed by atoms with Gasteiger partial charge in [-0.05, 0) is 36.4 Å². The molecule has 0 atom stereocenters. The number of hydrogen-bond donors (Lipinski definition) is 2. The Labute approximate surface area is 165 Å². The average Bonchev–Trinajstić information content (AvgIpc) is 2.72. The molecule has 0 saturated heterocycles. The van der Waals surface area contributed by atoms with E-state index in [0.717, 1.165) is 11.3 Å². The molecule has 0 heterocycles. The van der Waals surface area contributed by atoms with E-state index < -0.39 is 0 Å². The number of carbonyl (C=O) groups excluding carboxylic acids is 2. The molecule has 150 valence electrons. The van der Waals surface area contributed by atoms with E-state index in [0.29, 0.717) is 24.5 Å². The lowest BCUT2D eigenvalue weighted by Crippen LogP contribution is -2.40. The molecule has 2 N–H and O–H groups in total. The molecule has 0 radical (unpaired) electrons. The molecule has 0 aromatic heterocycles. The Balaban J connectivity index is 1.81. The highest BCUT2D eigenvalue weighted by Crippen LogP contribution is 2.22. The van der Waals surface area contributed by atoms with Crippen LogP contribution in [0.2, 0.25) is 0 Å². The van der Waals surface area contributed by atoms with Crippen molar-refractivity contribution in [2.75, 3.05) is 39.2 Å². The van der Waals surface area contributed by atoms with Crippen molar-refractivity contribution in [3.63, 3.8) is 0 Å². The summed E-state index contributed by atoms with van der Waals surface area (Å²) in [4.78, 5) is 26.3. The lowest BCUT2D eigenvalue weighted by atomic mass is 10.2. The first-order chi connectivity index (χ1) is 13.5. The van der Waals surface area contributed by atoms with Crippen LogP contribution in [-0.4, -0.2) is 50.6 Å². The maximum atomic E-state index is 12.3. The molecule has 2 amide bonds. The van der Waals surface area contributed by atoms with Crippen LogP contribution in [-0.2, 0) is 16.1 Å². The molecular weight excluding hydrogens is 358 g/mol. The van der Waals surface area contributed by atoms with Gasteiger partial charge in [0.15, 0.2) is 0 Å². The average molecular weight is 385 g/mol. The summed E-state index contributed by atoms with van der Waals surface area (Å²) in [6.45, 7) is 3.17. The fourth-order valence-electron chi connectivity index (χ4n) is 2.62. The van der Waals surface area contributed by atoms with E-state index in [-0.39, 0.29) is 24.9 Å². The molecule has 7 heteroatoms. The third-order valence-corrected chi connectivity index (χ3v) is 4.21. The molecule has 2 aromatic carbocycles. The van der Waals surface area contributed by atoms with Crippen molar-refractivity contribution >= 4 is 17.5 Å². The molecule has 0 aliphatic heterocycles. The fraction of sp³-hybridized carbons (Fsp3) is 0.333. The summed E-state index contributed by atoms with van der Waals surface area (Å²) in [7, 11) is 3.16. The number of likely N-dealkylation sites (N-methyl/N-ethyl adjacent to an activating group) is 1. The monoisotopic (exact) mass is 385 g/mol. The lowest BCUT2D eigenvalue weighted by Gasteiger charge is -2.20. The van der Waals surface area contributed by atoms with Gasteiger partial charge in [-0.25, -0.2) is 0 Å². The van der Waals surface area contributed by atoms with Gasteiger partial charge in [-0.15, -0.1) is 0 Å². The number of rotatable bonds is 10. The smallest absolute Gasteiger partial charge is 0.238 e. The number of methoxy groups -OCH3 is 2. The molecule has 0 fully saturated rings. The minimum absolute atomic E-state index is 0.116. The number of ether oxygens (including phenoxy) is 2. The van der Waals surface area contributed by atoms with E-state index >= 15 is 0 Å². The fourth-order valence-corrected chi connectivity index (χ4v) is 2.62. The predicted octanol–water partition coefficient (Wildman–Crippen LogP) is 2.28. The number of nitrogens with zero attached hydrogens (tertiary/aromatic N) is 1. The van der Waals surface area contributed by atoms with Crippen LogP contribution < -0.4 is 20.1 Å². The molecule has 2 rings (SSSR count). The van der Waals surface area contributed by atoms with Crippen LogP contribution in [0.15, 0.2) is 48.5 Å². The number of amides is 2. The zero-order valence-corrected chi connectivity index (χ0v) is 16.5. The largest absolute Gasteiger partial charge is 0.497 e. The molecular formula is C21H27N3O4. The van der Waals surface area contributed by atoms with Crippen molar-refractivity contribution < 1.29 is 19.1 Å². The highest BCUT2D eigenvalue weighted by atomic mass is 16.5. The van der Waals surface area contributed by atoms with Gasteiger partial charge in [-0.2, -0.15) is 0 Å². The third-order valence-electron chi connectivity index (χ3n) is 4.21. The first-order valence-electron chi connectivity index (χ1n) is 9.10. The second kappa shape index (κ2) is 10.9. The Morgan fingerprint density at radius 3 is 2.25 bits per heavy atom. The van der Waals surface area contributed by atoms with Crippen molar-refractivity contribution in [1.82, 2.24) is 10.2 Å². The van der Waals surface area contributed by atoms with Crippen LogP contribution in [0.1, 0.15) is 12.5 Å². The number of para-hydroxylation sites is 2. The normalized spacial score (nSPS) is 10.4. The van der Waals surface area contributed by atoms with Gasteiger partial charge < -0.3 is 20.1 Å². The summed E-state index contributed by atoms with van der Waals surface area (Å²) in [6.07, 6.45) is 0. The quantitative estimate of drug-likeness (QED) is 0.656. The molecule has 0 spiro atoms. The molecule has 7 nitrogen and oxygen atoms in total. The van der Waals surface area contributed by atoms with Crippen LogP contribution in [0.5, 0.6) is 11.5 Å².